The van der Waals surface area contributed by atoms with Gasteiger partial charge in [0.05, 0.1) is 7.85 Å². The van der Waals surface area contributed by atoms with Gasteiger partial charge in [0.1, 0.15) is 0 Å². The summed E-state index contributed by atoms with van der Waals surface area (Å²) in [7, 11) is 6.05. The fourth-order valence-electron chi connectivity index (χ4n) is 1.64. The lowest BCUT2D eigenvalue weighted by Gasteiger charge is -2.23. The molecule has 0 aromatic heterocycles. The first-order valence-electron chi connectivity index (χ1n) is 6.14. The summed E-state index contributed by atoms with van der Waals surface area (Å²) in [5.74, 6) is 0.610. The highest BCUT2D eigenvalue weighted by atomic mass is 19.2. The second kappa shape index (κ2) is 8.15. The number of hydrogen-bond acceptors (Lipinski definition) is 1. The minimum absolute atomic E-state index is 0.00370. The van der Waals surface area contributed by atoms with Crippen LogP contribution in [0.2, 0.25) is 5.31 Å². The lowest BCUT2D eigenvalue weighted by atomic mass is 9.65. The molecule has 0 spiro atoms. The van der Waals surface area contributed by atoms with E-state index >= 15 is 0 Å². The van der Waals surface area contributed by atoms with Crippen molar-refractivity contribution in [2.24, 2.45) is 5.92 Å². The summed E-state index contributed by atoms with van der Waals surface area (Å²) in [6, 6.07) is 0. The molecule has 0 bridgehead atoms. The van der Waals surface area contributed by atoms with Gasteiger partial charge in [-0.1, -0.05) is 58.2 Å². The average Bonchev–Trinajstić information content (AvgIpc) is 2.21. The molecule has 3 heteroatoms. The number of hydrogen-bond donors (Lipinski definition) is 1. The lowest BCUT2D eigenvalue weighted by molar-refractivity contribution is 0.308. The first-order valence-corrected chi connectivity index (χ1v) is 6.14. The molecule has 0 fully saturated rings. The van der Waals surface area contributed by atoms with Crippen molar-refractivity contribution in [2.45, 2.75) is 64.6 Å². The molecule has 0 aromatic rings. The van der Waals surface area contributed by atoms with E-state index in [1.54, 1.807) is 5.54 Å². The van der Waals surface area contributed by atoms with Gasteiger partial charge in [-0.05, 0) is 12.3 Å². The Bertz CT molecular complexity index is 151. The van der Waals surface area contributed by atoms with Crippen LogP contribution in [0.25, 0.3) is 0 Å². The summed E-state index contributed by atoms with van der Waals surface area (Å²) in [5.41, 5.74) is 1.70. The van der Waals surface area contributed by atoms with Crippen LogP contribution >= 0.6 is 0 Å². The van der Waals surface area contributed by atoms with E-state index in [2.05, 4.69) is 20.8 Å². The molecule has 15 heavy (non-hydrogen) atoms. The van der Waals surface area contributed by atoms with Crippen molar-refractivity contribution in [3.05, 3.63) is 0 Å². The molecule has 0 aliphatic heterocycles. The number of unbranched alkanes of at least 4 members (excludes halogenated alkanes) is 1. The van der Waals surface area contributed by atoms with E-state index in [0.29, 0.717) is 12.5 Å². The van der Waals surface area contributed by atoms with Crippen LogP contribution in [-0.4, -0.2) is 14.4 Å². The predicted octanol–water partition coefficient (Wildman–Crippen LogP) is 3.80. The quantitative estimate of drug-likeness (QED) is 0.349. The van der Waals surface area contributed by atoms with E-state index in [1.165, 1.54) is 19.3 Å². The van der Waals surface area contributed by atoms with Crippen molar-refractivity contribution < 1.29 is 4.48 Å². The van der Waals surface area contributed by atoms with Crippen LogP contribution in [-0.2, 0) is 0 Å². The normalized spacial score (nSPS) is 17.3. The van der Waals surface area contributed by atoms with Crippen molar-refractivity contribution in [3.8, 4) is 0 Å². The van der Waals surface area contributed by atoms with Crippen LogP contribution in [0, 0.1) is 5.92 Å². The highest BCUT2D eigenvalue weighted by Crippen LogP contribution is 2.32. The molecule has 2 atom stereocenters. The van der Waals surface area contributed by atoms with Crippen LogP contribution in [0.4, 0.5) is 4.48 Å². The van der Waals surface area contributed by atoms with Crippen LogP contribution in [0.1, 0.15) is 59.3 Å². The molecule has 0 aliphatic rings. The predicted molar refractivity (Wildman–Crippen MR) is 65.8 cm³/mol. The summed E-state index contributed by atoms with van der Waals surface area (Å²) < 4.78 is 11.7. The van der Waals surface area contributed by atoms with Crippen molar-refractivity contribution in [2.75, 3.05) is 6.54 Å². The first-order chi connectivity index (χ1) is 7.02. The van der Waals surface area contributed by atoms with E-state index in [-0.39, 0.29) is 5.31 Å². The van der Waals surface area contributed by atoms with Crippen molar-refractivity contribution >= 4 is 7.85 Å². The Morgan fingerprint density at radius 3 is 2.53 bits per heavy atom. The number of rotatable bonds is 9. The van der Waals surface area contributed by atoms with Crippen LogP contribution in [0.15, 0.2) is 0 Å². The van der Waals surface area contributed by atoms with Gasteiger partial charge >= 0.3 is 0 Å². The Balaban J connectivity index is 3.37. The Kier molecular flexibility index (Phi) is 8.12. The van der Waals surface area contributed by atoms with Gasteiger partial charge in [0.15, 0.2) is 0 Å². The minimum Gasteiger partial charge on any atom is -0.159 e. The Labute approximate surface area is 95.6 Å². The highest BCUT2D eigenvalue weighted by molar-refractivity contribution is 6.14. The third-order valence-corrected chi connectivity index (χ3v) is 3.23. The van der Waals surface area contributed by atoms with E-state index < -0.39 is 0 Å². The van der Waals surface area contributed by atoms with Gasteiger partial charge in [-0.3, -0.25) is 0 Å². The topological polar surface area (TPSA) is 12.0 Å². The molecule has 0 heterocycles. The summed E-state index contributed by atoms with van der Waals surface area (Å²) in [6.45, 7) is 6.91. The van der Waals surface area contributed by atoms with Crippen molar-refractivity contribution in [1.82, 2.24) is 5.54 Å². The fourth-order valence-corrected chi connectivity index (χ4v) is 1.64. The Morgan fingerprint density at radius 2 is 2.00 bits per heavy atom. The minimum atomic E-state index is 0.00370. The molecule has 2 unspecified atom stereocenters. The highest BCUT2D eigenvalue weighted by Gasteiger charge is 2.13. The third kappa shape index (κ3) is 8.92. The standard InChI is InChI=1S/C12H25BFN/c1-4-12(3,13)9-6-5-7-11(2)8-10-15-14/h11,15H,4-10H2,1-3H3. The third-order valence-electron chi connectivity index (χ3n) is 3.23. The van der Waals surface area contributed by atoms with Crippen molar-refractivity contribution in [3.63, 3.8) is 0 Å². The van der Waals surface area contributed by atoms with Gasteiger partial charge in [-0.25, -0.2) is 0 Å². The largest absolute Gasteiger partial charge is 0.159 e. The molecule has 88 valence electrons. The molecule has 1 nitrogen and oxygen atoms in total. The maximum Gasteiger partial charge on any atom is 0.0742 e. The Hall–Kier alpha value is -0.0451. The zero-order chi connectivity index (χ0) is 11.7. The molecular weight excluding hydrogens is 188 g/mol. The van der Waals surface area contributed by atoms with Gasteiger partial charge in [0, 0.05) is 6.54 Å². The average molecular weight is 213 g/mol. The molecule has 0 saturated carbocycles. The van der Waals surface area contributed by atoms with Gasteiger partial charge < -0.3 is 0 Å². The summed E-state index contributed by atoms with van der Waals surface area (Å²) in [5, 5.41) is 0.00370. The van der Waals surface area contributed by atoms with E-state index in [1.807, 2.05) is 0 Å². The second-order valence-corrected chi connectivity index (χ2v) is 5.03. The molecular formula is C12H25BFN. The monoisotopic (exact) mass is 213 g/mol. The molecule has 2 radical (unpaired) electrons. The summed E-state index contributed by atoms with van der Waals surface area (Å²) >= 11 is 0. The second-order valence-electron chi connectivity index (χ2n) is 5.03. The van der Waals surface area contributed by atoms with Gasteiger partial charge in [0.25, 0.3) is 0 Å². The number of halogens is 1. The van der Waals surface area contributed by atoms with Crippen LogP contribution in [0.3, 0.4) is 0 Å². The molecule has 0 saturated heterocycles. The van der Waals surface area contributed by atoms with E-state index in [4.69, 9.17) is 7.85 Å². The van der Waals surface area contributed by atoms with Gasteiger partial charge in [0.2, 0.25) is 0 Å². The SMILES string of the molecule is [B]C(C)(CC)CCCCC(C)CCNF. The fraction of sp³-hybridized carbons (Fsp3) is 1.00. The van der Waals surface area contributed by atoms with Gasteiger partial charge in [-0.2, -0.15) is 5.54 Å². The van der Waals surface area contributed by atoms with E-state index in [0.717, 1.165) is 19.3 Å². The Morgan fingerprint density at radius 1 is 1.33 bits per heavy atom. The van der Waals surface area contributed by atoms with Crippen molar-refractivity contribution in [1.29, 1.82) is 0 Å². The maximum atomic E-state index is 11.7. The van der Waals surface area contributed by atoms with Crippen LogP contribution < -0.4 is 5.54 Å². The summed E-state index contributed by atoms with van der Waals surface area (Å²) in [6.07, 6.45) is 6.63. The molecule has 0 aliphatic carbocycles. The zero-order valence-electron chi connectivity index (χ0n) is 10.5. The zero-order valence-corrected chi connectivity index (χ0v) is 10.5. The first kappa shape index (κ1) is 15.0. The molecule has 1 N–H and O–H groups in total. The molecule has 0 amide bonds. The maximum absolute atomic E-state index is 11.7. The van der Waals surface area contributed by atoms with Crippen LogP contribution in [0.5, 0.6) is 0 Å². The number of nitrogens with one attached hydrogen (secondary N) is 1. The summed E-state index contributed by atoms with van der Waals surface area (Å²) in [4.78, 5) is 0. The van der Waals surface area contributed by atoms with E-state index in [9.17, 15) is 4.48 Å². The smallest absolute Gasteiger partial charge is 0.0742 e. The van der Waals surface area contributed by atoms with Gasteiger partial charge in [-0.15, -0.1) is 4.48 Å². The molecule has 0 rings (SSSR count). The molecule has 0 aromatic carbocycles. The lowest BCUT2D eigenvalue weighted by Crippen LogP contribution is -2.09.